The summed E-state index contributed by atoms with van der Waals surface area (Å²) in [7, 11) is 0. The highest BCUT2D eigenvalue weighted by molar-refractivity contribution is 7.10. The largest absolute Gasteiger partial charge is 0.338 e. The van der Waals surface area contributed by atoms with E-state index in [1.807, 2.05) is 6.92 Å². The first-order chi connectivity index (χ1) is 10.0. The Morgan fingerprint density at radius 3 is 2.90 bits per heavy atom. The number of hydrogen-bond donors (Lipinski definition) is 0. The highest BCUT2D eigenvalue weighted by Crippen LogP contribution is 2.18. The SMILES string of the molecule is C=CC(=O)N1CCN(C(=O)Cc2nc(Cl)cs2)C[C@@H]1CC. The van der Waals surface area contributed by atoms with Gasteiger partial charge >= 0.3 is 0 Å². The Labute approximate surface area is 133 Å². The number of halogens is 1. The van der Waals surface area contributed by atoms with Crippen LogP contribution >= 0.6 is 22.9 Å². The molecule has 1 aromatic rings. The second-order valence-electron chi connectivity index (χ2n) is 4.88. The van der Waals surface area contributed by atoms with Crippen LogP contribution in [0.15, 0.2) is 18.0 Å². The van der Waals surface area contributed by atoms with Crippen molar-refractivity contribution in [1.29, 1.82) is 0 Å². The Morgan fingerprint density at radius 1 is 1.57 bits per heavy atom. The Morgan fingerprint density at radius 2 is 2.33 bits per heavy atom. The van der Waals surface area contributed by atoms with Gasteiger partial charge in [0.2, 0.25) is 11.8 Å². The van der Waals surface area contributed by atoms with E-state index in [1.54, 1.807) is 15.2 Å². The van der Waals surface area contributed by atoms with Crippen LogP contribution in [0.1, 0.15) is 18.4 Å². The zero-order chi connectivity index (χ0) is 15.4. The highest BCUT2D eigenvalue weighted by atomic mass is 35.5. The van der Waals surface area contributed by atoms with Gasteiger partial charge in [0.05, 0.1) is 6.42 Å². The van der Waals surface area contributed by atoms with Crippen molar-refractivity contribution in [2.45, 2.75) is 25.8 Å². The maximum absolute atomic E-state index is 12.3. The van der Waals surface area contributed by atoms with E-state index in [2.05, 4.69) is 11.6 Å². The van der Waals surface area contributed by atoms with Crippen LogP contribution in [-0.4, -0.2) is 52.3 Å². The molecule has 1 aliphatic heterocycles. The number of rotatable bonds is 4. The van der Waals surface area contributed by atoms with Gasteiger partial charge in [-0.05, 0) is 12.5 Å². The third kappa shape index (κ3) is 3.83. The molecule has 1 aliphatic rings. The van der Waals surface area contributed by atoms with Crippen LogP contribution in [-0.2, 0) is 16.0 Å². The summed E-state index contributed by atoms with van der Waals surface area (Å²) in [6.45, 7) is 7.20. The molecule has 2 amide bonds. The van der Waals surface area contributed by atoms with E-state index >= 15 is 0 Å². The van der Waals surface area contributed by atoms with Crippen molar-refractivity contribution >= 4 is 34.8 Å². The number of carbonyl (C=O) groups excluding carboxylic acids is 2. The summed E-state index contributed by atoms with van der Waals surface area (Å²) in [6, 6.07) is 0.0492. The molecular formula is C14H18ClN3O2S. The molecule has 1 fully saturated rings. The van der Waals surface area contributed by atoms with Gasteiger partial charge in [-0.15, -0.1) is 11.3 Å². The van der Waals surface area contributed by atoms with Gasteiger partial charge in [-0.2, -0.15) is 0 Å². The summed E-state index contributed by atoms with van der Waals surface area (Å²) in [5.41, 5.74) is 0. The quantitative estimate of drug-likeness (QED) is 0.795. The predicted octanol–water partition coefficient (Wildman–Crippen LogP) is 1.97. The lowest BCUT2D eigenvalue weighted by Gasteiger charge is -2.40. The van der Waals surface area contributed by atoms with E-state index in [9.17, 15) is 9.59 Å². The zero-order valence-electron chi connectivity index (χ0n) is 11.9. The molecule has 1 saturated heterocycles. The molecule has 7 heteroatoms. The average Bonchev–Trinajstić information content (AvgIpc) is 2.90. The molecule has 0 spiro atoms. The van der Waals surface area contributed by atoms with Gasteiger partial charge < -0.3 is 9.80 Å². The van der Waals surface area contributed by atoms with Crippen molar-refractivity contribution in [3.8, 4) is 0 Å². The summed E-state index contributed by atoms with van der Waals surface area (Å²) in [6.07, 6.45) is 2.41. The van der Waals surface area contributed by atoms with Crippen LogP contribution in [0.25, 0.3) is 0 Å². The number of carbonyl (C=O) groups is 2. The lowest BCUT2D eigenvalue weighted by atomic mass is 10.1. The van der Waals surface area contributed by atoms with Crippen molar-refractivity contribution in [2.75, 3.05) is 19.6 Å². The predicted molar refractivity (Wildman–Crippen MR) is 83.4 cm³/mol. The van der Waals surface area contributed by atoms with E-state index in [-0.39, 0.29) is 24.3 Å². The minimum atomic E-state index is -0.0688. The van der Waals surface area contributed by atoms with Crippen molar-refractivity contribution in [1.82, 2.24) is 14.8 Å². The Kier molecular flexibility index (Phi) is 5.36. The molecule has 2 rings (SSSR count). The summed E-state index contributed by atoms with van der Waals surface area (Å²) in [5.74, 6) is -0.0363. The molecule has 114 valence electrons. The Hall–Kier alpha value is -1.40. The van der Waals surface area contributed by atoms with E-state index in [0.29, 0.717) is 24.8 Å². The van der Waals surface area contributed by atoms with Crippen molar-refractivity contribution in [3.63, 3.8) is 0 Å². The molecular weight excluding hydrogens is 310 g/mol. The summed E-state index contributed by atoms with van der Waals surface area (Å²) in [5, 5.41) is 2.87. The zero-order valence-corrected chi connectivity index (χ0v) is 13.5. The fraction of sp³-hybridized carbons (Fsp3) is 0.500. The lowest BCUT2D eigenvalue weighted by Crippen LogP contribution is -2.56. The third-order valence-electron chi connectivity index (χ3n) is 3.59. The van der Waals surface area contributed by atoms with Gasteiger partial charge in [-0.1, -0.05) is 25.1 Å². The van der Waals surface area contributed by atoms with Gasteiger partial charge in [0.1, 0.15) is 10.2 Å². The van der Waals surface area contributed by atoms with E-state index in [4.69, 9.17) is 11.6 Å². The summed E-state index contributed by atoms with van der Waals surface area (Å²) in [4.78, 5) is 31.8. The molecule has 1 atom stereocenters. The van der Waals surface area contributed by atoms with Crippen LogP contribution in [0.4, 0.5) is 0 Å². The molecule has 5 nitrogen and oxygen atoms in total. The maximum atomic E-state index is 12.3. The van der Waals surface area contributed by atoms with Crippen LogP contribution in [0.3, 0.4) is 0 Å². The number of nitrogens with zero attached hydrogens (tertiary/aromatic N) is 3. The van der Waals surface area contributed by atoms with Crippen LogP contribution in [0, 0.1) is 0 Å². The highest BCUT2D eigenvalue weighted by Gasteiger charge is 2.30. The standard InChI is InChI=1S/C14H18ClN3O2S/c1-3-10-8-17(5-6-18(10)13(19)4-2)14(20)7-12-16-11(15)9-21-12/h4,9-10H,2-3,5-8H2,1H3/t10-/m0/s1. The fourth-order valence-corrected chi connectivity index (χ4v) is 3.38. The number of aromatic nitrogens is 1. The lowest BCUT2D eigenvalue weighted by molar-refractivity contribution is -0.139. The third-order valence-corrected chi connectivity index (χ3v) is 4.76. The first-order valence-electron chi connectivity index (χ1n) is 6.85. The van der Waals surface area contributed by atoms with Crippen molar-refractivity contribution in [3.05, 3.63) is 28.2 Å². The second kappa shape index (κ2) is 7.04. The molecule has 0 radical (unpaired) electrons. The molecule has 0 N–H and O–H groups in total. The normalized spacial score (nSPS) is 18.7. The minimum absolute atomic E-state index is 0.0326. The Bertz CT molecular complexity index is 546. The number of piperazine rings is 1. The van der Waals surface area contributed by atoms with Gasteiger partial charge in [-0.3, -0.25) is 9.59 Å². The minimum Gasteiger partial charge on any atom is -0.338 e. The fourth-order valence-electron chi connectivity index (χ4n) is 2.45. The van der Waals surface area contributed by atoms with Crippen LogP contribution < -0.4 is 0 Å². The molecule has 1 aromatic heterocycles. The first-order valence-corrected chi connectivity index (χ1v) is 8.11. The summed E-state index contributed by atoms with van der Waals surface area (Å²) < 4.78 is 0. The van der Waals surface area contributed by atoms with Gasteiger partial charge in [-0.25, -0.2) is 4.98 Å². The van der Waals surface area contributed by atoms with E-state index in [0.717, 1.165) is 11.4 Å². The van der Waals surface area contributed by atoms with Crippen molar-refractivity contribution < 1.29 is 9.59 Å². The van der Waals surface area contributed by atoms with Gasteiger partial charge in [0.25, 0.3) is 0 Å². The molecule has 0 unspecified atom stereocenters. The smallest absolute Gasteiger partial charge is 0.246 e. The van der Waals surface area contributed by atoms with Crippen LogP contribution in [0.5, 0.6) is 0 Å². The van der Waals surface area contributed by atoms with Gasteiger partial charge in [0, 0.05) is 31.1 Å². The first kappa shape index (κ1) is 16.0. The van der Waals surface area contributed by atoms with E-state index in [1.165, 1.54) is 17.4 Å². The van der Waals surface area contributed by atoms with Gasteiger partial charge in [0.15, 0.2) is 0 Å². The molecule has 0 bridgehead atoms. The average molecular weight is 328 g/mol. The number of thiazole rings is 1. The monoisotopic (exact) mass is 327 g/mol. The number of amides is 2. The molecule has 2 heterocycles. The molecule has 0 aromatic carbocycles. The van der Waals surface area contributed by atoms with E-state index < -0.39 is 0 Å². The van der Waals surface area contributed by atoms with Crippen molar-refractivity contribution in [2.24, 2.45) is 0 Å². The maximum Gasteiger partial charge on any atom is 0.246 e. The second-order valence-corrected chi connectivity index (χ2v) is 6.21. The Balaban J connectivity index is 1.97. The molecule has 21 heavy (non-hydrogen) atoms. The topological polar surface area (TPSA) is 53.5 Å². The van der Waals surface area contributed by atoms with Crippen LogP contribution in [0.2, 0.25) is 5.15 Å². The number of hydrogen-bond acceptors (Lipinski definition) is 4. The summed E-state index contributed by atoms with van der Waals surface area (Å²) >= 11 is 7.16. The molecule has 0 aliphatic carbocycles. The molecule has 0 saturated carbocycles.